The van der Waals surface area contributed by atoms with E-state index in [4.69, 9.17) is 4.74 Å². The van der Waals surface area contributed by atoms with Crippen molar-refractivity contribution in [3.05, 3.63) is 17.4 Å². The second kappa shape index (κ2) is 7.30. The second-order valence-electron chi connectivity index (χ2n) is 5.49. The molecule has 1 saturated carbocycles. The highest BCUT2D eigenvalue weighted by Gasteiger charge is 2.29. The first kappa shape index (κ1) is 15.7. The van der Waals surface area contributed by atoms with E-state index >= 15 is 0 Å². The van der Waals surface area contributed by atoms with Gasteiger partial charge in [-0.3, -0.25) is 0 Å². The number of hydrogen-bond acceptors (Lipinski definition) is 3. The van der Waals surface area contributed by atoms with E-state index in [2.05, 4.69) is 5.73 Å². The molecule has 0 atom stereocenters. The molecule has 0 aliphatic heterocycles. The number of aldehydes is 1. The predicted octanol–water partition coefficient (Wildman–Crippen LogP) is 3.44. The van der Waals surface area contributed by atoms with Crippen LogP contribution in [-0.2, 0) is 14.3 Å². The van der Waals surface area contributed by atoms with Crippen LogP contribution in [0.1, 0.15) is 52.9 Å². The van der Waals surface area contributed by atoms with Crippen molar-refractivity contribution in [3.8, 4) is 0 Å². The normalized spacial score (nSPS) is 17.5. The van der Waals surface area contributed by atoms with Crippen LogP contribution in [0.4, 0.5) is 0 Å². The van der Waals surface area contributed by atoms with Crippen LogP contribution in [0.5, 0.6) is 0 Å². The summed E-state index contributed by atoms with van der Waals surface area (Å²) in [4.78, 5) is 23.2. The largest absolute Gasteiger partial charge is 0.462 e. The van der Waals surface area contributed by atoms with Gasteiger partial charge in [0.05, 0.1) is 17.6 Å². The van der Waals surface area contributed by atoms with Crippen LogP contribution in [0.25, 0.3) is 0 Å². The molecule has 0 saturated heterocycles. The second-order valence-corrected chi connectivity index (χ2v) is 5.49. The highest BCUT2D eigenvalue weighted by molar-refractivity contribution is 5.88. The van der Waals surface area contributed by atoms with E-state index < -0.39 is 5.41 Å². The predicted molar refractivity (Wildman–Crippen MR) is 74.6 cm³/mol. The molecule has 0 N–H and O–H groups in total. The Labute approximate surface area is 115 Å². The van der Waals surface area contributed by atoms with Gasteiger partial charge < -0.3 is 9.53 Å². The summed E-state index contributed by atoms with van der Waals surface area (Å²) in [7, 11) is 0. The lowest BCUT2D eigenvalue weighted by Gasteiger charge is -2.27. The first-order chi connectivity index (χ1) is 9.04. The number of carbonyl (C=O) groups excluding carboxylic acids is 2. The molecule has 3 nitrogen and oxygen atoms in total. The molecule has 0 spiro atoms. The molecule has 19 heavy (non-hydrogen) atoms. The van der Waals surface area contributed by atoms with Crippen molar-refractivity contribution in [3.63, 3.8) is 0 Å². The summed E-state index contributed by atoms with van der Waals surface area (Å²) < 4.78 is 5.02. The van der Waals surface area contributed by atoms with Gasteiger partial charge in [-0.15, -0.1) is 5.73 Å². The Balaban J connectivity index is 3.01. The molecule has 0 heterocycles. The third-order valence-electron chi connectivity index (χ3n) is 3.61. The van der Waals surface area contributed by atoms with Crippen molar-refractivity contribution in [1.29, 1.82) is 0 Å². The van der Waals surface area contributed by atoms with Crippen molar-refractivity contribution < 1.29 is 14.3 Å². The fourth-order valence-electron chi connectivity index (χ4n) is 2.40. The first-order valence-electron chi connectivity index (χ1n) is 7.16. The standard InChI is InChI=1S/C16H24O3/c1-4-19-15(18)14(13(2)3)8-11-16(12-17)9-6-5-7-10-16/h11-13H,4-7,9-10H2,1-3H3. The van der Waals surface area contributed by atoms with Crippen LogP contribution in [0.2, 0.25) is 0 Å². The molecule has 0 bridgehead atoms. The molecule has 0 radical (unpaired) electrons. The van der Waals surface area contributed by atoms with E-state index in [1.165, 1.54) is 6.42 Å². The van der Waals surface area contributed by atoms with Gasteiger partial charge in [0.25, 0.3) is 0 Å². The van der Waals surface area contributed by atoms with Gasteiger partial charge >= 0.3 is 5.97 Å². The van der Waals surface area contributed by atoms with E-state index in [1.54, 1.807) is 13.0 Å². The third kappa shape index (κ3) is 4.36. The molecular formula is C16H24O3. The Hall–Kier alpha value is -1.34. The Morgan fingerprint density at radius 3 is 2.42 bits per heavy atom. The third-order valence-corrected chi connectivity index (χ3v) is 3.61. The van der Waals surface area contributed by atoms with Crippen molar-refractivity contribution >= 4 is 12.3 Å². The van der Waals surface area contributed by atoms with Crippen LogP contribution in [0, 0.1) is 11.3 Å². The minimum absolute atomic E-state index is 0.0441. The van der Waals surface area contributed by atoms with Crippen molar-refractivity contribution in [1.82, 2.24) is 0 Å². The molecule has 1 rings (SSSR count). The van der Waals surface area contributed by atoms with Gasteiger partial charge in [-0.05, 0) is 31.8 Å². The fraction of sp³-hybridized carbons (Fsp3) is 0.688. The quantitative estimate of drug-likeness (QED) is 0.331. The fourth-order valence-corrected chi connectivity index (χ4v) is 2.40. The van der Waals surface area contributed by atoms with E-state index in [0.717, 1.165) is 32.0 Å². The SMILES string of the molecule is CCOC(=O)C(=C=CC1(C=O)CCCCC1)C(C)C. The Morgan fingerprint density at radius 2 is 1.95 bits per heavy atom. The van der Waals surface area contributed by atoms with Crippen molar-refractivity contribution in [2.75, 3.05) is 6.61 Å². The molecule has 1 aliphatic carbocycles. The van der Waals surface area contributed by atoms with E-state index in [-0.39, 0.29) is 11.9 Å². The average molecular weight is 264 g/mol. The highest BCUT2D eigenvalue weighted by atomic mass is 16.5. The maximum atomic E-state index is 11.8. The molecule has 1 fully saturated rings. The maximum Gasteiger partial charge on any atom is 0.342 e. The molecule has 0 amide bonds. The molecule has 0 aromatic carbocycles. The number of hydrogen-bond donors (Lipinski definition) is 0. The Bertz CT molecular complexity index is 381. The lowest BCUT2D eigenvalue weighted by molar-refractivity contribution is -0.139. The zero-order chi connectivity index (χ0) is 14.3. The summed E-state index contributed by atoms with van der Waals surface area (Å²) in [5.41, 5.74) is 3.15. The number of carbonyl (C=O) groups is 2. The monoisotopic (exact) mass is 264 g/mol. The van der Waals surface area contributed by atoms with Crippen LogP contribution >= 0.6 is 0 Å². The summed E-state index contributed by atoms with van der Waals surface area (Å²) in [6.07, 6.45) is 7.84. The van der Waals surface area contributed by atoms with Gasteiger partial charge in [0.15, 0.2) is 0 Å². The van der Waals surface area contributed by atoms with E-state index in [9.17, 15) is 9.59 Å². The average Bonchev–Trinajstić information content (AvgIpc) is 2.40. The number of ether oxygens (including phenoxy) is 1. The van der Waals surface area contributed by atoms with Crippen LogP contribution in [0.3, 0.4) is 0 Å². The maximum absolute atomic E-state index is 11.8. The van der Waals surface area contributed by atoms with Crippen LogP contribution in [0.15, 0.2) is 17.4 Å². The summed E-state index contributed by atoms with van der Waals surface area (Å²) in [6.45, 7) is 6.01. The topological polar surface area (TPSA) is 43.4 Å². The Morgan fingerprint density at radius 1 is 1.32 bits per heavy atom. The molecule has 3 heteroatoms. The Kier molecular flexibility index (Phi) is 6.04. The van der Waals surface area contributed by atoms with Crippen molar-refractivity contribution in [2.24, 2.45) is 11.3 Å². The van der Waals surface area contributed by atoms with Gasteiger partial charge in [-0.1, -0.05) is 33.1 Å². The van der Waals surface area contributed by atoms with Crippen LogP contribution in [-0.4, -0.2) is 18.9 Å². The zero-order valence-corrected chi connectivity index (χ0v) is 12.2. The lowest BCUT2D eigenvalue weighted by Crippen LogP contribution is -2.23. The minimum Gasteiger partial charge on any atom is -0.462 e. The molecule has 1 aliphatic rings. The molecule has 0 aromatic rings. The van der Waals surface area contributed by atoms with Gasteiger partial charge in [-0.2, -0.15) is 0 Å². The summed E-state index contributed by atoms with van der Waals surface area (Å²) in [6, 6.07) is 0. The summed E-state index contributed by atoms with van der Waals surface area (Å²) in [5, 5.41) is 0. The molecular weight excluding hydrogens is 240 g/mol. The number of rotatable bonds is 5. The van der Waals surface area contributed by atoms with Crippen LogP contribution < -0.4 is 0 Å². The smallest absolute Gasteiger partial charge is 0.342 e. The van der Waals surface area contributed by atoms with Gasteiger partial charge in [0.1, 0.15) is 6.29 Å². The van der Waals surface area contributed by atoms with Gasteiger partial charge in [0.2, 0.25) is 0 Å². The van der Waals surface area contributed by atoms with E-state index in [0.29, 0.717) is 12.2 Å². The number of esters is 1. The molecule has 0 unspecified atom stereocenters. The summed E-state index contributed by atoms with van der Waals surface area (Å²) >= 11 is 0. The lowest BCUT2D eigenvalue weighted by atomic mass is 9.75. The minimum atomic E-state index is -0.426. The van der Waals surface area contributed by atoms with E-state index in [1.807, 2.05) is 13.8 Å². The van der Waals surface area contributed by atoms with Gasteiger partial charge in [-0.25, -0.2) is 4.79 Å². The summed E-state index contributed by atoms with van der Waals surface area (Å²) in [5.74, 6) is -0.284. The zero-order valence-electron chi connectivity index (χ0n) is 12.2. The van der Waals surface area contributed by atoms with Gasteiger partial charge in [0, 0.05) is 0 Å². The molecule has 0 aromatic heterocycles. The highest BCUT2D eigenvalue weighted by Crippen LogP contribution is 2.35. The van der Waals surface area contributed by atoms with Crippen molar-refractivity contribution in [2.45, 2.75) is 52.9 Å². The first-order valence-corrected chi connectivity index (χ1v) is 7.16. The molecule has 106 valence electrons.